The van der Waals surface area contributed by atoms with Crippen molar-refractivity contribution in [2.45, 2.75) is 12.8 Å². The molecule has 16 heavy (non-hydrogen) atoms. The van der Waals surface area contributed by atoms with Gasteiger partial charge in [-0.25, -0.2) is 0 Å². The summed E-state index contributed by atoms with van der Waals surface area (Å²) in [4.78, 5) is 13.3. The molecule has 4 heteroatoms. The van der Waals surface area contributed by atoms with Gasteiger partial charge in [0.05, 0.1) is 7.11 Å². The lowest BCUT2D eigenvalue weighted by Gasteiger charge is -2.30. The second-order valence-corrected chi connectivity index (χ2v) is 3.99. The zero-order valence-corrected chi connectivity index (χ0v) is 9.40. The average molecular weight is 220 g/mol. The molecule has 2 rings (SSSR count). The number of esters is 1. The zero-order chi connectivity index (χ0) is 11.5. The first-order chi connectivity index (χ1) is 7.70. The van der Waals surface area contributed by atoms with E-state index in [1.54, 1.807) is 0 Å². The number of hydrogen-bond donors (Lipinski definition) is 1. The van der Waals surface area contributed by atoms with E-state index < -0.39 is 0 Å². The minimum absolute atomic E-state index is 0.204. The van der Waals surface area contributed by atoms with Crippen LogP contribution >= 0.6 is 0 Å². The van der Waals surface area contributed by atoms with Gasteiger partial charge < -0.3 is 15.4 Å². The summed E-state index contributed by atoms with van der Waals surface area (Å²) in [6.45, 7) is 1.21. The Morgan fingerprint density at radius 3 is 3.12 bits per heavy atom. The van der Waals surface area contributed by atoms with E-state index in [4.69, 9.17) is 5.73 Å². The predicted octanol–water partition coefficient (Wildman–Crippen LogP) is 1.19. The summed E-state index contributed by atoms with van der Waals surface area (Å²) in [5.74, 6) is -0.204. The highest BCUT2D eigenvalue weighted by molar-refractivity contribution is 5.77. The highest BCUT2D eigenvalue weighted by Crippen LogP contribution is 2.28. The van der Waals surface area contributed by atoms with Crippen LogP contribution in [0.1, 0.15) is 12.0 Å². The number of carbonyl (C=O) groups excluding carboxylic acids is 1. The van der Waals surface area contributed by atoms with Gasteiger partial charge in [-0.05, 0) is 36.6 Å². The van der Waals surface area contributed by atoms with Crippen LogP contribution < -0.4 is 10.6 Å². The molecule has 2 N–H and O–H groups in total. The molecule has 0 fully saturated rings. The van der Waals surface area contributed by atoms with Crippen LogP contribution in [0.25, 0.3) is 0 Å². The molecule has 0 atom stereocenters. The lowest BCUT2D eigenvalue weighted by molar-refractivity contribution is -0.138. The third-order valence-electron chi connectivity index (χ3n) is 2.87. The molecule has 0 bridgehead atoms. The number of nitrogens with two attached hydrogens (primary N) is 1. The molecule has 0 radical (unpaired) electrons. The number of benzene rings is 1. The van der Waals surface area contributed by atoms with E-state index in [-0.39, 0.29) is 5.97 Å². The summed E-state index contributed by atoms with van der Waals surface area (Å²) < 4.78 is 4.69. The number of aryl methyl sites for hydroxylation is 1. The highest BCUT2D eigenvalue weighted by atomic mass is 16.5. The van der Waals surface area contributed by atoms with Gasteiger partial charge in [-0.1, -0.05) is 0 Å². The maximum atomic E-state index is 11.3. The third kappa shape index (κ3) is 2.10. The van der Waals surface area contributed by atoms with Gasteiger partial charge in [0.2, 0.25) is 0 Å². The Balaban J connectivity index is 2.23. The monoisotopic (exact) mass is 220 g/mol. The van der Waals surface area contributed by atoms with Crippen LogP contribution in [0.5, 0.6) is 0 Å². The summed E-state index contributed by atoms with van der Waals surface area (Å²) in [7, 11) is 1.41. The van der Waals surface area contributed by atoms with Gasteiger partial charge in [-0.15, -0.1) is 0 Å². The van der Waals surface area contributed by atoms with Crippen LogP contribution in [0.15, 0.2) is 18.2 Å². The number of ether oxygens (including phenoxy) is 1. The van der Waals surface area contributed by atoms with Crippen molar-refractivity contribution in [3.05, 3.63) is 23.8 Å². The Morgan fingerprint density at radius 2 is 2.38 bits per heavy atom. The van der Waals surface area contributed by atoms with Gasteiger partial charge in [0, 0.05) is 17.9 Å². The van der Waals surface area contributed by atoms with Gasteiger partial charge in [0.15, 0.2) is 0 Å². The number of methoxy groups -OCH3 is 1. The normalized spacial score (nSPS) is 14.4. The molecule has 0 spiro atoms. The van der Waals surface area contributed by atoms with Gasteiger partial charge in [0.1, 0.15) is 6.54 Å². The van der Waals surface area contributed by atoms with Crippen LogP contribution in [-0.4, -0.2) is 26.2 Å². The fourth-order valence-corrected chi connectivity index (χ4v) is 2.08. The largest absolute Gasteiger partial charge is 0.468 e. The van der Waals surface area contributed by atoms with E-state index in [9.17, 15) is 4.79 Å². The summed E-state index contributed by atoms with van der Waals surface area (Å²) >= 11 is 0. The van der Waals surface area contributed by atoms with E-state index in [0.29, 0.717) is 6.54 Å². The van der Waals surface area contributed by atoms with Gasteiger partial charge >= 0.3 is 5.97 Å². The molecule has 0 unspecified atom stereocenters. The Hall–Kier alpha value is -1.71. The smallest absolute Gasteiger partial charge is 0.325 e. The molecule has 0 aliphatic carbocycles. The molecular formula is C12H16N2O2. The topological polar surface area (TPSA) is 55.6 Å². The summed E-state index contributed by atoms with van der Waals surface area (Å²) in [6, 6.07) is 5.83. The van der Waals surface area contributed by atoms with Crippen LogP contribution in [-0.2, 0) is 16.0 Å². The van der Waals surface area contributed by atoms with Crippen molar-refractivity contribution < 1.29 is 9.53 Å². The second-order valence-electron chi connectivity index (χ2n) is 3.99. The van der Waals surface area contributed by atoms with Crippen molar-refractivity contribution in [2.24, 2.45) is 0 Å². The molecule has 1 aromatic rings. The van der Waals surface area contributed by atoms with E-state index >= 15 is 0 Å². The molecule has 86 valence electrons. The van der Waals surface area contributed by atoms with E-state index in [0.717, 1.165) is 30.8 Å². The van der Waals surface area contributed by atoms with E-state index in [1.807, 2.05) is 23.1 Å². The Labute approximate surface area is 95.0 Å². The zero-order valence-electron chi connectivity index (χ0n) is 9.40. The molecule has 4 nitrogen and oxygen atoms in total. The third-order valence-corrected chi connectivity index (χ3v) is 2.87. The van der Waals surface area contributed by atoms with E-state index in [1.165, 1.54) is 12.7 Å². The minimum atomic E-state index is -0.204. The number of rotatable bonds is 2. The van der Waals surface area contributed by atoms with Crippen LogP contribution in [0.2, 0.25) is 0 Å². The molecule has 1 aliphatic rings. The number of anilines is 2. The SMILES string of the molecule is COC(=O)CN1CCCc2cc(N)ccc21. The summed E-state index contributed by atoms with van der Waals surface area (Å²) in [6.07, 6.45) is 2.07. The Bertz CT molecular complexity index is 404. The lowest BCUT2D eigenvalue weighted by Crippen LogP contribution is -2.34. The molecule has 1 aromatic carbocycles. The summed E-state index contributed by atoms with van der Waals surface area (Å²) in [5, 5.41) is 0. The van der Waals surface area contributed by atoms with Crippen molar-refractivity contribution in [1.82, 2.24) is 0 Å². The molecule has 1 aliphatic heterocycles. The predicted molar refractivity (Wildman–Crippen MR) is 63.4 cm³/mol. The first kappa shape index (κ1) is 10.8. The van der Waals surface area contributed by atoms with E-state index in [2.05, 4.69) is 4.74 Å². The number of carbonyl (C=O) groups is 1. The standard InChI is InChI=1S/C12H16N2O2/c1-16-12(15)8-14-6-2-3-9-7-10(13)4-5-11(9)14/h4-5,7H,2-3,6,8,13H2,1H3. The van der Waals surface area contributed by atoms with Crippen molar-refractivity contribution in [2.75, 3.05) is 30.8 Å². The maximum Gasteiger partial charge on any atom is 0.325 e. The molecule has 1 heterocycles. The van der Waals surface area contributed by atoms with Crippen molar-refractivity contribution in [3.63, 3.8) is 0 Å². The van der Waals surface area contributed by atoms with Crippen LogP contribution in [0, 0.1) is 0 Å². The van der Waals surface area contributed by atoms with Gasteiger partial charge in [-0.2, -0.15) is 0 Å². The van der Waals surface area contributed by atoms with Gasteiger partial charge in [-0.3, -0.25) is 4.79 Å². The molecule has 0 saturated carbocycles. The maximum absolute atomic E-state index is 11.3. The Morgan fingerprint density at radius 1 is 1.56 bits per heavy atom. The molecule has 0 aromatic heterocycles. The number of hydrogen-bond acceptors (Lipinski definition) is 4. The lowest BCUT2D eigenvalue weighted by atomic mass is 10.0. The number of nitrogen functional groups attached to an aromatic ring is 1. The Kier molecular flexibility index (Phi) is 2.99. The first-order valence-electron chi connectivity index (χ1n) is 5.41. The fraction of sp³-hybridized carbons (Fsp3) is 0.417. The van der Waals surface area contributed by atoms with Crippen molar-refractivity contribution >= 4 is 17.3 Å². The average Bonchev–Trinajstić information content (AvgIpc) is 2.28. The second kappa shape index (κ2) is 4.43. The molecule has 0 saturated heterocycles. The van der Waals surface area contributed by atoms with Crippen molar-refractivity contribution in [3.8, 4) is 0 Å². The fourth-order valence-electron chi connectivity index (χ4n) is 2.08. The van der Waals surface area contributed by atoms with Crippen molar-refractivity contribution in [1.29, 1.82) is 0 Å². The van der Waals surface area contributed by atoms with Gasteiger partial charge in [0.25, 0.3) is 0 Å². The van der Waals surface area contributed by atoms with Crippen LogP contribution in [0.4, 0.5) is 11.4 Å². The quantitative estimate of drug-likeness (QED) is 0.601. The minimum Gasteiger partial charge on any atom is -0.468 e. The molecule has 0 amide bonds. The number of nitrogens with zero attached hydrogens (tertiary/aromatic N) is 1. The highest BCUT2D eigenvalue weighted by Gasteiger charge is 2.19. The number of fused-ring (bicyclic) bond motifs is 1. The van der Waals surface area contributed by atoms with Crippen LogP contribution in [0.3, 0.4) is 0 Å². The first-order valence-corrected chi connectivity index (χ1v) is 5.41. The summed E-state index contributed by atoms with van der Waals surface area (Å²) in [5.41, 5.74) is 8.84. The molecular weight excluding hydrogens is 204 g/mol.